The highest BCUT2D eigenvalue weighted by Crippen LogP contribution is 2.18. The number of aliphatic imine (C=N–C) groups is 1. The second-order valence-electron chi connectivity index (χ2n) is 6.61. The Morgan fingerprint density at radius 3 is 2.50 bits per heavy atom. The average molecular weight is 502 g/mol. The van der Waals surface area contributed by atoms with E-state index in [1.165, 1.54) is 0 Å². The molecule has 0 spiro atoms. The van der Waals surface area contributed by atoms with Crippen LogP contribution < -0.4 is 10.6 Å². The summed E-state index contributed by atoms with van der Waals surface area (Å²) in [5.74, 6) is 0.597. The number of hydrogen-bond acceptors (Lipinski definition) is 4. The molecule has 2 rings (SSSR count). The molecule has 1 aromatic rings. The number of nitrogens with one attached hydrogen (secondary N) is 2. The molecule has 0 saturated carbocycles. The number of ether oxygens (including phenoxy) is 1. The minimum Gasteiger partial charge on any atom is -0.466 e. The van der Waals surface area contributed by atoms with Gasteiger partial charge >= 0.3 is 5.97 Å². The third-order valence-corrected chi connectivity index (χ3v) is 4.60. The van der Waals surface area contributed by atoms with Crippen molar-refractivity contribution in [1.82, 2.24) is 15.5 Å². The Morgan fingerprint density at radius 2 is 1.89 bits per heavy atom. The molecule has 1 heterocycles. The van der Waals surface area contributed by atoms with Crippen molar-refractivity contribution in [3.05, 3.63) is 35.4 Å². The summed E-state index contributed by atoms with van der Waals surface area (Å²) in [6.45, 7) is 6.84. The summed E-state index contributed by atoms with van der Waals surface area (Å²) in [5.41, 5.74) is 1.73. The second kappa shape index (κ2) is 12.6. The Morgan fingerprint density at radius 1 is 1.21 bits per heavy atom. The van der Waals surface area contributed by atoms with E-state index in [1.807, 2.05) is 38.1 Å². The van der Waals surface area contributed by atoms with Crippen molar-refractivity contribution in [2.75, 3.05) is 39.8 Å². The maximum absolute atomic E-state index is 12.1. The van der Waals surface area contributed by atoms with Crippen LogP contribution in [0.5, 0.6) is 0 Å². The van der Waals surface area contributed by atoms with Gasteiger partial charge in [0, 0.05) is 38.8 Å². The average Bonchev–Trinajstić information content (AvgIpc) is 2.68. The molecule has 1 aromatic carbocycles. The van der Waals surface area contributed by atoms with Gasteiger partial charge in [0.15, 0.2) is 5.96 Å². The molecule has 28 heavy (non-hydrogen) atoms. The molecular formula is C20H31IN4O3. The first kappa shape index (κ1) is 24.2. The molecule has 1 aliphatic heterocycles. The molecule has 1 fully saturated rings. The van der Waals surface area contributed by atoms with Crippen LogP contribution in [0.2, 0.25) is 0 Å². The Balaban J connectivity index is 0.00000392. The number of esters is 1. The quantitative estimate of drug-likeness (QED) is 0.205. The van der Waals surface area contributed by atoms with Crippen LogP contribution in [0.25, 0.3) is 0 Å². The first-order chi connectivity index (χ1) is 13.0. The Hall–Kier alpha value is -1.84. The first-order valence-electron chi connectivity index (χ1n) is 9.52. The number of guanidine groups is 1. The summed E-state index contributed by atoms with van der Waals surface area (Å²) in [7, 11) is 1.74. The van der Waals surface area contributed by atoms with E-state index in [1.54, 1.807) is 7.05 Å². The van der Waals surface area contributed by atoms with Gasteiger partial charge in [-0.25, -0.2) is 0 Å². The zero-order chi connectivity index (χ0) is 19.6. The fourth-order valence-corrected chi connectivity index (χ4v) is 3.16. The maximum atomic E-state index is 12.1. The lowest BCUT2D eigenvalue weighted by Gasteiger charge is -2.33. The summed E-state index contributed by atoms with van der Waals surface area (Å²) < 4.78 is 5.11. The number of rotatable bonds is 6. The molecule has 1 amide bonds. The molecule has 7 nitrogen and oxygen atoms in total. The van der Waals surface area contributed by atoms with Crippen molar-refractivity contribution in [1.29, 1.82) is 0 Å². The number of amides is 1. The van der Waals surface area contributed by atoms with Gasteiger partial charge < -0.3 is 20.3 Å². The predicted molar refractivity (Wildman–Crippen MR) is 121 cm³/mol. The largest absolute Gasteiger partial charge is 0.466 e. The van der Waals surface area contributed by atoms with Gasteiger partial charge in [0.1, 0.15) is 0 Å². The van der Waals surface area contributed by atoms with Gasteiger partial charge in [-0.1, -0.05) is 17.7 Å². The first-order valence-corrected chi connectivity index (χ1v) is 9.52. The number of likely N-dealkylation sites (tertiary alicyclic amines) is 1. The molecule has 0 aromatic heterocycles. The molecular weight excluding hydrogens is 471 g/mol. The van der Waals surface area contributed by atoms with Gasteiger partial charge in [-0.05, 0) is 38.8 Å². The van der Waals surface area contributed by atoms with Crippen molar-refractivity contribution >= 4 is 41.8 Å². The third-order valence-electron chi connectivity index (χ3n) is 4.60. The fourth-order valence-electron chi connectivity index (χ4n) is 3.16. The number of hydrogen-bond donors (Lipinski definition) is 2. The van der Waals surface area contributed by atoms with Gasteiger partial charge in [0.05, 0.1) is 12.5 Å². The number of aryl methyl sites for hydroxylation is 1. The normalized spacial score (nSPS) is 14.8. The van der Waals surface area contributed by atoms with E-state index in [0.717, 1.165) is 37.5 Å². The van der Waals surface area contributed by atoms with E-state index in [4.69, 9.17) is 4.74 Å². The Labute approximate surface area is 184 Å². The molecule has 0 unspecified atom stereocenters. The minimum atomic E-state index is -0.0982. The fraction of sp³-hybridized carbons (Fsp3) is 0.550. The van der Waals surface area contributed by atoms with Gasteiger partial charge in [-0.3, -0.25) is 14.6 Å². The molecule has 1 saturated heterocycles. The van der Waals surface area contributed by atoms with Crippen LogP contribution in [0.4, 0.5) is 0 Å². The van der Waals surface area contributed by atoms with Gasteiger partial charge in [-0.15, -0.1) is 24.0 Å². The van der Waals surface area contributed by atoms with Crippen LogP contribution in [-0.4, -0.2) is 62.6 Å². The molecule has 156 valence electrons. The van der Waals surface area contributed by atoms with E-state index >= 15 is 0 Å². The van der Waals surface area contributed by atoms with Crippen molar-refractivity contribution in [3.63, 3.8) is 0 Å². The molecule has 2 N–H and O–H groups in total. The minimum absolute atomic E-state index is 0. The molecule has 1 aliphatic rings. The molecule has 0 bridgehead atoms. The monoisotopic (exact) mass is 502 g/mol. The highest BCUT2D eigenvalue weighted by Gasteiger charge is 2.27. The summed E-state index contributed by atoms with van der Waals surface area (Å²) in [4.78, 5) is 30.4. The van der Waals surface area contributed by atoms with E-state index in [0.29, 0.717) is 25.3 Å². The topological polar surface area (TPSA) is 83.0 Å². The molecule has 8 heteroatoms. The number of carbonyl (C=O) groups excluding carboxylic acids is 2. The number of piperidine rings is 1. The molecule has 0 radical (unpaired) electrons. The maximum Gasteiger partial charge on any atom is 0.309 e. The third kappa shape index (κ3) is 7.29. The van der Waals surface area contributed by atoms with Crippen molar-refractivity contribution in [2.45, 2.75) is 26.7 Å². The number of halogens is 1. The van der Waals surface area contributed by atoms with Crippen molar-refractivity contribution in [2.24, 2.45) is 10.9 Å². The number of carbonyl (C=O) groups is 2. The van der Waals surface area contributed by atoms with E-state index in [9.17, 15) is 9.59 Å². The van der Waals surface area contributed by atoms with Crippen LogP contribution >= 0.6 is 24.0 Å². The van der Waals surface area contributed by atoms with Crippen molar-refractivity contribution in [3.8, 4) is 0 Å². The standard InChI is InChI=1S/C20H30N4O3.HI/c1-4-27-19(26)16-8-12-24(13-9-16)20(21-3)23-11-10-22-18(25)17-7-5-6-15(2)14-17;/h5-7,14,16H,4,8-13H2,1-3H3,(H,21,23)(H,22,25);1H. The van der Waals surface area contributed by atoms with Crippen LogP contribution in [0.3, 0.4) is 0 Å². The van der Waals surface area contributed by atoms with Crippen LogP contribution in [-0.2, 0) is 9.53 Å². The van der Waals surface area contributed by atoms with E-state index in [2.05, 4.69) is 20.5 Å². The van der Waals surface area contributed by atoms with E-state index in [-0.39, 0.29) is 41.8 Å². The Kier molecular flexibility index (Phi) is 10.9. The molecule has 0 atom stereocenters. The summed E-state index contributed by atoms with van der Waals surface area (Å²) >= 11 is 0. The lowest BCUT2D eigenvalue weighted by molar-refractivity contribution is -0.149. The smallest absolute Gasteiger partial charge is 0.309 e. The summed E-state index contributed by atoms with van der Waals surface area (Å²) in [6, 6.07) is 7.52. The zero-order valence-electron chi connectivity index (χ0n) is 16.9. The van der Waals surface area contributed by atoms with Gasteiger partial charge in [0.2, 0.25) is 0 Å². The van der Waals surface area contributed by atoms with E-state index < -0.39 is 0 Å². The van der Waals surface area contributed by atoms with Crippen molar-refractivity contribution < 1.29 is 14.3 Å². The number of nitrogens with zero attached hydrogens (tertiary/aromatic N) is 2. The highest BCUT2D eigenvalue weighted by atomic mass is 127. The van der Waals surface area contributed by atoms with Crippen LogP contribution in [0.1, 0.15) is 35.7 Å². The zero-order valence-corrected chi connectivity index (χ0v) is 19.2. The molecule has 0 aliphatic carbocycles. The summed E-state index contributed by atoms with van der Waals surface area (Å²) in [5, 5.41) is 6.18. The lowest BCUT2D eigenvalue weighted by atomic mass is 9.97. The second-order valence-corrected chi connectivity index (χ2v) is 6.61. The van der Waals surface area contributed by atoms with Crippen LogP contribution in [0, 0.1) is 12.8 Å². The lowest BCUT2D eigenvalue weighted by Crippen LogP contribution is -2.48. The van der Waals surface area contributed by atoms with Crippen LogP contribution in [0.15, 0.2) is 29.3 Å². The Bertz CT molecular complexity index is 673. The SMILES string of the molecule is CCOC(=O)C1CCN(C(=NC)NCCNC(=O)c2cccc(C)c2)CC1.I. The highest BCUT2D eigenvalue weighted by molar-refractivity contribution is 14.0. The predicted octanol–water partition coefficient (Wildman–Crippen LogP) is 2.19. The summed E-state index contributed by atoms with van der Waals surface area (Å²) in [6.07, 6.45) is 1.53. The van der Waals surface area contributed by atoms with Gasteiger partial charge in [0.25, 0.3) is 5.91 Å². The van der Waals surface area contributed by atoms with Gasteiger partial charge in [-0.2, -0.15) is 0 Å². The number of benzene rings is 1.